The van der Waals surface area contributed by atoms with Crippen LogP contribution in [0, 0.1) is 0 Å². The second kappa shape index (κ2) is 11.4. The Bertz CT molecular complexity index is 971. The summed E-state index contributed by atoms with van der Waals surface area (Å²) in [6.45, 7) is 0.544. The van der Waals surface area contributed by atoms with E-state index in [1.165, 1.54) is 12.1 Å². The molecule has 1 unspecified atom stereocenters. The Morgan fingerprint density at radius 1 is 1.18 bits per heavy atom. The Morgan fingerprint density at radius 3 is 2.52 bits per heavy atom. The molecule has 0 aromatic heterocycles. The van der Waals surface area contributed by atoms with Crippen molar-refractivity contribution in [3.63, 3.8) is 0 Å². The number of carbonyl (C=O) groups excluding carboxylic acids is 1. The van der Waals surface area contributed by atoms with Gasteiger partial charge in [-0.25, -0.2) is 4.79 Å². The average molecular weight is 474 g/mol. The number of aromatic hydroxyl groups is 1. The number of nitrogens with zero attached hydrogens (tertiary/aromatic N) is 1. The van der Waals surface area contributed by atoms with Gasteiger partial charge in [0.25, 0.3) is 0 Å². The van der Waals surface area contributed by atoms with Gasteiger partial charge in [0.05, 0.1) is 19.1 Å². The van der Waals surface area contributed by atoms with Crippen molar-refractivity contribution in [2.24, 2.45) is 5.73 Å². The summed E-state index contributed by atoms with van der Waals surface area (Å²) in [5.74, 6) is -0.772. The van der Waals surface area contributed by atoms with E-state index in [0.717, 1.165) is 11.3 Å². The standard InChI is InChI=1S/C22H27BN2O7S/c24-17(13-33-12-14-4-2-1-3-5-14)21(27)25-10-16(11-25)32-18-7-6-15(8-9-23(30)31)20(26)19(18)22(28)29/h1-7,16-17,26,30-31H,8-13,24H2,(H,28,29). The highest BCUT2D eigenvalue weighted by molar-refractivity contribution is 7.98. The van der Waals surface area contributed by atoms with Crippen LogP contribution in [0.1, 0.15) is 21.5 Å². The molecule has 6 N–H and O–H groups in total. The van der Waals surface area contributed by atoms with Crippen LogP contribution in [-0.2, 0) is 17.0 Å². The van der Waals surface area contributed by atoms with Crippen LogP contribution in [0.2, 0.25) is 6.32 Å². The first-order chi connectivity index (χ1) is 15.8. The Labute approximate surface area is 196 Å². The van der Waals surface area contributed by atoms with E-state index in [2.05, 4.69) is 0 Å². The number of amides is 1. The number of nitrogens with two attached hydrogens (primary N) is 1. The van der Waals surface area contributed by atoms with Gasteiger partial charge in [-0.2, -0.15) is 11.8 Å². The second-order valence-corrected chi connectivity index (χ2v) is 8.89. The predicted molar refractivity (Wildman–Crippen MR) is 125 cm³/mol. The van der Waals surface area contributed by atoms with E-state index in [0.29, 0.717) is 5.75 Å². The van der Waals surface area contributed by atoms with E-state index in [1.54, 1.807) is 16.7 Å². The number of hydrogen-bond donors (Lipinski definition) is 5. The van der Waals surface area contributed by atoms with Crippen molar-refractivity contribution >= 4 is 30.8 Å². The third kappa shape index (κ3) is 6.64. The van der Waals surface area contributed by atoms with Crippen LogP contribution in [0.5, 0.6) is 11.5 Å². The molecule has 1 amide bonds. The van der Waals surface area contributed by atoms with Gasteiger partial charge in [0.2, 0.25) is 5.91 Å². The molecule has 2 aromatic rings. The van der Waals surface area contributed by atoms with E-state index >= 15 is 0 Å². The minimum atomic E-state index is -1.56. The SMILES string of the molecule is NC(CSCc1ccccc1)C(=O)N1CC(Oc2ccc(CCB(O)O)c(O)c2C(=O)O)C1. The number of carbonyl (C=O) groups is 2. The zero-order valence-electron chi connectivity index (χ0n) is 18.0. The van der Waals surface area contributed by atoms with E-state index in [-0.39, 0.29) is 43.1 Å². The molecule has 9 nitrogen and oxygen atoms in total. The molecular weight excluding hydrogens is 447 g/mol. The molecule has 1 heterocycles. The van der Waals surface area contributed by atoms with Crippen LogP contribution in [0.15, 0.2) is 42.5 Å². The van der Waals surface area contributed by atoms with Gasteiger partial charge < -0.3 is 35.6 Å². The number of phenols is 1. The number of hydrogen-bond acceptors (Lipinski definition) is 8. The number of carboxylic acid groups (broad SMARTS) is 1. The fourth-order valence-electron chi connectivity index (χ4n) is 3.46. The molecule has 1 aliphatic heterocycles. The fraction of sp³-hybridized carbons (Fsp3) is 0.364. The van der Waals surface area contributed by atoms with Gasteiger partial charge >= 0.3 is 13.1 Å². The van der Waals surface area contributed by atoms with Gasteiger partial charge in [-0.1, -0.05) is 36.4 Å². The topological polar surface area (TPSA) is 154 Å². The Kier molecular flexibility index (Phi) is 8.62. The first kappa shape index (κ1) is 24.9. The van der Waals surface area contributed by atoms with E-state index in [1.807, 2.05) is 30.3 Å². The van der Waals surface area contributed by atoms with Crippen LogP contribution in [0.25, 0.3) is 0 Å². The molecule has 1 saturated heterocycles. The predicted octanol–water partition coefficient (Wildman–Crippen LogP) is 0.956. The maximum Gasteiger partial charge on any atom is 0.451 e. The molecule has 33 heavy (non-hydrogen) atoms. The van der Waals surface area contributed by atoms with Crippen molar-refractivity contribution in [2.75, 3.05) is 18.8 Å². The highest BCUT2D eigenvalue weighted by Gasteiger charge is 2.35. The van der Waals surface area contributed by atoms with Crippen molar-refractivity contribution < 1.29 is 34.6 Å². The van der Waals surface area contributed by atoms with Crippen LogP contribution < -0.4 is 10.5 Å². The molecule has 11 heteroatoms. The molecular formula is C22H27BN2O7S. The van der Waals surface area contributed by atoms with Gasteiger partial charge in [-0.3, -0.25) is 4.79 Å². The summed E-state index contributed by atoms with van der Waals surface area (Å²) in [5.41, 5.74) is 7.09. The summed E-state index contributed by atoms with van der Waals surface area (Å²) < 4.78 is 5.72. The number of aryl methyl sites for hydroxylation is 1. The summed E-state index contributed by atoms with van der Waals surface area (Å²) >= 11 is 1.58. The van der Waals surface area contributed by atoms with E-state index in [9.17, 15) is 19.8 Å². The lowest BCUT2D eigenvalue weighted by Gasteiger charge is -2.40. The van der Waals surface area contributed by atoms with Crippen molar-refractivity contribution in [3.05, 3.63) is 59.2 Å². The highest BCUT2D eigenvalue weighted by Crippen LogP contribution is 2.34. The summed E-state index contributed by atoms with van der Waals surface area (Å²) in [6.07, 6.45) is -0.368. The van der Waals surface area contributed by atoms with Gasteiger partial charge in [0, 0.05) is 11.5 Å². The Morgan fingerprint density at radius 2 is 1.88 bits per heavy atom. The molecule has 3 rings (SSSR count). The van der Waals surface area contributed by atoms with Gasteiger partial charge in [-0.15, -0.1) is 0 Å². The molecule has 0 radical (unpaired) electrons. The number of aromatic carboxylic acids is 1. The first-order valence-electron chi connectivity index (χ1n) is 10.5. The maximum atomic E-state index is 12.5. The van der Waals surface area contributed by atoms with Gasteiger partial charge in [0.1, 0.15) is 23.2 Å². The summed E-state index contributed by atoms with van der Waals surface area (Å²) in [7, 11) is -1.56. The van der Waals surface area contributed by atoms with Crippen molar-refractivity contribution in [1.82, 2.24) is 4.90 Å². The monoisotopic (exact) mass is 474 g/mol. The molecule has 1 atom stereocenters. The van der Waals surface area contributed by atoms with Crippen LogP contribution >= 0.6 is 11.8 Å². The zero-order chi connectivity index (χ0) is 24.0. The van der Waals surface area contributed by atoms with Crippen molar-refractivity contribution in [1.29, 1.82) is 0 Å². The lowest BCUT2D eigenvalue weighted by Crippen LogP contribution is -2.60. The number of carboxylic acids is 1. The molecule has 176 valence electrons. The second-order valence-electron chi connectivity index (χ2n) is 7.86. The van der Waals surface area contributed by atoms with Crippen molar-refractivity contribution in [2.45, 2.75) is 30.6 Å². The summed E-state index contributed by atoms with van der Waals surface area (Å²) in [6, 6.07) is 12.2. The lowest BCUT2D eigenvalue weighted by molar-refractivity contribution is -0.140. The normalized spacial score (nSPS) is 14.5. The van der Waals surface area contributed by atoms with E-state index in [4.69, 9.17) is 20.5 Å². The number of thioether (sulfide) groups is 1. The maximum absolute atomic E-state index is 12.5. The van der Waals surface area contributed by atoms with Gasteiger partial charge in [-0.05, 0) is 29.9 Å². The van der Waals surface area contributed by atoms with Crippen LogP contribution in [0.3, 0.4) is 0 Å². The molecule has 0 bridgehead atoms. The first-order valence-corrected chi connectivity index (χ1v) is 11.7. The molecule has 1 aliphatic rings. The molecule has 0 aliphatic carbocycles. The largest absolute Gasteiger partial charge is 0.507 e. The smallest absolute Gasteiger partial charge is 0.451 e. The minimum Gasteiger partial charge on any atom is -0.507 e. The average Bonchev–Trinajstić information content (AvgIpc) is 2.75. The molecule has 0 saturated carbocycles. The molecule has 0 spiro atoms. The number of likely N-dealkylation sites (tertiary alicyclic amines) is 1. The van der Waals surface area contributed by atoms with Gasteiger partial charge in [0.15, 0.2) is 0 Å². The third-order valence-electron chi connectivity index (χ3n) is 5.29. The minimum absolute atomic E-state index is 0.00638. The Balaban J connectivity index is 1.51. The number of ether oxygens (including phenoxy) is 1. The quantitative estimate of drug-likeness (QED) is 0.300. The number of rotatable bonds is 11. The highest BCUT2D eigenvalue weighted by atomic mass is 32.2. The molecule has 2 aromatic carbocycles. The Hall–Kier alpha value is -2.73. The number of benzene rings is 2. The van der Waals surface area contributed by atoms with Crippen molar-refractivity contribution in [3.8, 4) is 11.5 Å². The molecule has 1 fully saturated rings. The van der Waals surface area contributed by atoms with E-state index < -0.39 is 36.5 Å². The zero-order valence-corrected chi connectivity index (χ0v) is 18.8. The van der Waals surface area contributed by atoms with Crippen LogP contribution in [0.4, 0.5) is 0 Å². The third-order valence-corrected chi connectivity index (χ3v) is 6.42. The summed E-state index contributed by atoms with van der Waals surface area (Å²) in [4.78, 5) is 25.8. The fourth-order valence-corrected chi connectivity index (χ4v) is 4.41. The lowest BCUT2D eigenvalue weighted by atomic mass is 9.82. The van der Waals surface area contributed by atoms with Crippen LogP contribution in [-0.4, -0.2) is 75.1 Å². The summed E-state index contributed by atoms with van der Waals surface area (Å²) in [5, 5.41) is 37.8.